The third-order valence-electron chi connectivity index (χ3n) is 3.54. The van der Waals surface area contributed by atoms with Gasteiger partial charge in [-0.2, -0.15) is 0 Å². The summed E-state index contributed by atoms with van der Waals surface area (Å²) in [4.78, 5) is 0. The minimum atomic E-state index is 0.648. The van der Waals surface area contributed by atoms with Crippen LogP contribution in [0.3, 0.4) is 0 Å². The molecule has 0 fully saturated rings. The van der Waals surface area contributed by atoms with E-state index in [-0.39, 0.29) is 0 Å². The average Bonchev–Trinajstić information content (AvgIpc) is 2.61. The minimum absolute atomic E-state index is 0.648. The van der Waals surface area contributed by atoms with Gasteiger partial charge in [0.05, 0.1) is 0 Å². The first kappa shape index (κ1) is 22.3. The van der Waals surface area contributed by atoms with Crippen molar-refractivity contribution >= 4 is 29.3 Å². The van der Waals surface area contributed by atoms with E-state index in [1.807, 2.05) is 32.0 Å². The summed E-state index contributed by atoms with van der Waals surface area (Å²) in [6.07, 6.45) is 8.00. The Labute approximate surface area is 157 Å². The Hall–Kier alpha value is -1.68. The fourth-order valence-electron chi connectivity index (χ4n) is 2.04. The van der Waals surface area contributed by atoms with E-state index in [4.69, 9.17) is 29.6 Å². The Morgan fingerprint density at radius 1 is 1.08 bits per heavy atom. The molecule has 0 saturated carbocycles. The van der Waals surface area contributed by atoms with Crippen LogP contribution in [-0.4, -0.2) is 0 Å². The molecule has 0 bridgehead atoms. The maximum atomic E-state index is 5.94. The van der Waals surface area contributed by atoms with Gasteiger partial charge in [-0.05, 0) is 66.8 Å². The highest BCUT2D eigenvalue weighted by Crippen LogP contribution is 2.21. The molecule has 0 unspecified atom stereocenters. The minimum Gasteiger partial charge on any atom is -0.115 e. The molecular weight excluding hydrogens is 335 g/mol. The van der Waals surface area contributed by atoms with E-state index in [2.05, 4.69) is 39.3 Å². The predicted octanol–water partition coefficient (Wildman–Crippen LogP) is 7.51. The van der Waals surface area contributed by atoms with Gasteiger partial charge < -0.3 is 0 Å². The fourth-order valence-corrected chi connectivity index (χ4v) is 2.49. The van der Waals surface area contributed by atoms with Crippen molar-refractivity contribution in [3.63, 3.8) is 0 Å². The summed E-state index contributed by atoms with van der Waals surface area (Å²) in [6, 6.07) is 9.50. The Morgan fingerprint density at radius 2 is 1.71 bits per heavy atom. The van der Waals surface area contributed by atoms with Crippen LogP contribution >= 0.6 is 23.2 Å². The van der Waals surface area contributed by atoms with Gasteiger partial charge in [-0.15, -0.1) is 6.42 Å². The molecule has 0 amide bonds. The van der Waals surface area contributed by atoms with Crippen LogP contribution < -0.4 is 0 Å². The first-order valence-electron chi connectivity index (χ1n) is 8.07. The molecule has 0 aliphatic carbocycles. The van der Waals surface area contributed by atoms with Crippen molar-refractivity contribution in [1.29, 1.82) is 0 Å². The number of terminal acetylenes is 1. The van der Waals surface area contributed by atoms with Crippen molar-refractivity contribution in [2.45, 2.75) is 41.0 Å². The first-order chi connectivity index (χ1) is 11.4. The van der Waals surface area contributed by atoms with E-state index in [1.165, 1.54) is 16.7 Å². The predicted molar refractivity (Wildman–Crippen MR) is 111 cm³/mol. The summed E-state index contributed by atoms with van der Waals surface area (Å²) < 4.78 is 0. The van der Waals surface area contributed by atoms with Crippen LogP contribution in [0.5, 0.6) is 0 Å². The second kappa shape index (κ2) is 11.8. The molecule has 0 saturated heterocycles. The van der Waals surface area contributed by atoms with Crippen LogP contribution in [0.15, 0.2) is 36.9 Å². The SMILES string of the molecule is C#Cc1cc(Cl)cc(C=C)c1.CC.CCc1ccc(Cl)c(C)c1C. The number of hydrogen-bond acceptors (Lipinski definition) is 0. The lowest BCUT2D eigenvalue weighted by Crippen LogP contribution is -1.90. The number of aryl methyl sites for hydroxylation is 1. The van der Waals surface area contributed by atoms with Crippen LogP contribution in [0.2, 0.25) is 10.0 Å². The van der Waals surface area contributed by atoms with E-state index < -0.39 is 0 Å². The normalized spacial score (nSPS) is 8.92. The quantitative estimate of drug-likeness (QED) is 0.486. The Balaban J connectivity index is 0.000000400. The highest BCUT2D eigenvalue weighted by Gasteiger charge is 2.01. The molecule has 2 aromatic rings. The number of benzene rings is 2. The summed E-state index contributed by atoms with van der Waals surface area (Å²) in [5.74, 6) is 2.51. The van der Waals surface area contributed by atoms with E-state index >= 15 is 0 Å². The maximum absolute atomic E-state index is 5.94. The molecule has 2 aromatic carbocycles. The third-order valence-corrected chi connectivity index (χ3v) is 4.16. The summed E-state index contributed by atoms with van der Waals surface area (Å²) in [7, 11) is 0. The molecule has 2 rings (SSSR count). The molecule has 0 aliphatic heterocycles. The molecule has 2 heteroatoms. The van der Waals surface area contributed by atoms with Crippen molar-refractivity contribution in [1.82, 2.24) is 0 Å². The molecule has 0 atom stereocenters. The van der Waals surface area contributed by atoms with Crippen molar-refractivity contribution < 1.29 is 0 Å². The zero-order valence-electron chi connectivity index (χ0n) is 15.2. The standard InChI is InChI=1S/C10H13Cl.C10H7Cl.C2H6/c1-4-9-5-6-10(11)8(3)7(9)2;1-3-8-5-9(4-2)7-10(11)6-8;1-2/h5-6H,4H2,1-3H3;1,4-7H,2H2;1-2H3. The topological polar surface area (TPSA) is 0 Å². The van der Waals surface area contributed by atoms with E-state index in [0.717, 1.165) is 22.6 Å². The molecule has 0 spiro atoms. The lowest BCUT2D eigenvalue weighted by molar-refractivity contribution is 1.09. The van der Waals surface area contributed by atoms with Crippen LogP contribution in [0.25, 0.3) is 6.08 Å². The van der Waals surface area contributed by atoms with E-state index in [0.29, 0.717) is 5.02 Å². The Morgan fingerprint density at radius 3 is 2.21 bits per heavy atom. The smallest absolute Gasteiger partial charge is 0.0438 e. The summed E-state index contributed by atoms with van der Waals surface area (Å²) in [5, 5.41) is 1.52. The summed E-state index contributed by atoms with van der Waals surface area (Å²) >= 11 is 11.7. The molecule has 0 heterocycles. The highest BCUT2D eigenvalue weighted by atomic mass is 35.5. The molecule has 0 aromatic heterocycles. The maximum Gasteiger partial charge on any atom is 0.0438 e. The van der Waals surface area contributed by atoms with Gasteiger partial charge in [0.25, 0.3) is 0 Å². The van der Waals surface area contributed by atoms with Gasteiger partial charge in [0, 0.05) is 15.6 Å². The van der Waals surface area contributed by atoms with Gasteiger partial charge in [-0.3, -0.25) is 0 Å². The zero-order valence-corrected chi connectivity index (χ0v) is 16.7. The van der Waals surface area contributed by atoms with Gasteiger partial charge >= 0.3 is 0 Å². The molecule has 128 valence electrons. The number of halogens is 2. The van der Waals surface area contributed by atoms with Crippen LogP contribution in [-0.2, 0) is 6.42 Å². The molecule has 0 aliphatic rings. The van der Waals surface area contributed by atoms with Crippen LogP contribution in [0.1, 0.15) is 48.6 Å². The molecule has 0 nitrogen and oxygen atoms in total. The van der Waals surface area contributed by atoms with Crippen molar-refractivity contribution in [2.75, 3.05) is 0 Å². The average molecular weight is 361 g/mol. The molecular formula is C22H26Cl2. The largest absolute Gasteiger partial charge is 0.115 e. The first-order valence-corrected chi connectivity index (χ1v) is 8.82. The van der Waals surface area contributed by atoms with Gasteiger partial charge in [-0.1, -0.05) is 68.6 Å². The second-order valence-electron chi connectivity index (χ2n) is 4.93. The Bertz CT molecular complexity index is 707. The van der Waals surface area contributed by atoms with Gasteiger partial charge in [-0.25, -0.2) is 0 Å². The van der Waals surface area contributed by atoms with Crippen LogP contribution in [0, 0.1) is 26.2 Å². The molecule has 0 N–H and O–H groups in total. The van der Waals surface area contributed by atoms with Crippen LogP contribution in [0.4, 0.5) is 0 Å². The third kappa shape index (κ3) is 6.83. The number of rotatable bonds is 2. The fraction of sp³-hybridized carbons (Fsp3) is 0.273. The Kier molecular flexibility index (Phi) is 11.0. The lowest BCUT2D eigenvalue weighted by Gasteiger charge is -2.07. The van der Waals surface area contributed by atoms with E-state index in [9.17, 15) is 0 Å². The van der Waals surface area contributed by atoms with Crippen molar-refractivity contribution in [2.24, 2.45) is 0 Å². The summed E-state index contributed by atoms with van der Waals surface area (Å²) in [5.41, 5.74) is 5.68. The molecule has 0 radical (unpaired) electrons. The monoisotopic (exact) mass is 360 g/mol. The van der Waals surface area contributed by atoms with Crippen molar-refractivity contribution in [3.8, 4) is 12.3 Å². The van der Waals surface area contributed by atoms with Gasteiger partial charge in [0.1, 0.15) is 0 Å². The highest BCUT2D eigenvalue weighted by molar-refractivity contribution is 6.31. The van der Waals surface area contributed by atoms with Gasteiger partial charge in [0.2, 0.25) is 0 Å². The second-order valence-corrected chi connectivity index (χ2v) is 5.78. The molecule has 24 heavy (non-hydrogen) atoms. The zero-order chi connectivity index (χ0) is 18.7. The number of hydrogen-bond donors (Lipinski definition) is 0. The van der Waals surface area contributed by atoms with Gasteiger partial charge in [0.15, 0.2) is 0 Å². The lowest BCUT2D eigenvalue weighted by atomic mass is 10.0. The van der Waals surface area contributed by atoms with E-state index in [1.54, 1.807) is 12.1 Å². The van der Waals surface area contributed by atoms with Crippen molar-refractivity contribution in [3.05, 3.63) is 74.8 Å². The summed E-state index contributed by atoms with van der Waals surface area (Å²) in [6.45, 7) is 14.0.